The van der Waals surface area contributed by atoms with E-state index in [0.717, 1.165) is 35.7 Å². The fraction of sp³-hybridized carbons (Fsp3) is 0.273. The van der Waals surface area contributed by atoms with Gasteiger partial charge in [-0.3, -0.25) is 4.79 Å². The third-order valence-electron chi connectivity index (χ3n) is 7.01. The van der Waals surface area contributed by atoms with Gasteiger partial charge in [0.15, 0.2) is 5.65 Å². The lowest BCUT2D eigenvalue weighted by atomic mass is 9.43. The number of carbonyl (C=O) groups excluding carboxylic acids is 1. The van der Waals surface area contributed by atoms with Crippen molar-refractivity contribution in [3.8, 4) is 22.6 Å². The molecule has 3 heterocycles. The molecule has 1 amide bonds. The van der Waals surface area contributed by atoms with Crippen LogP contribution in [0.25, 0.3) is 28.3 Å². The average Bonchev–Trinajstić information content (AvgIpc) is 3.31. The molecule has 3 aliphatic rings. The van der Waals surface area contributed by atoms with Crippen LogP contribution in [0.3, 0.4) is 0 Å². The summed E-state index contributed by atoms with van der Waals surface area (Å²) in [6.07, 6.45) is 5.55. The molecule has 0 aliphatic heterocycles. The number of carbonyl (C=O) groups is 1. The van der Waals surface area contributed by atoms with Gasteiger partial charge in [-0.25, -0.2) is 18.9 Å². The molecular formula is C22H19FN6O. The number of aromatic nitrogens is 5. The summed E-state index contributed by atoms with van der Waals surface area (Å²) < 4.78 is 17.2. The average molecular weight is 402 g/mol. The molecule has 0 saturated heterocycles. The second-order valence-electron chi connectivity index (χ2n) is 8.38. The molecule has 0 radical (unpaired) electrons. The molecule has 2 N–H and O–H groups in total. The van der Waals surface area contributed by atoms with E-state index in [9.17, 15) is 9.18 Å². The zero-order valence-electron chi connectivity index (χ0n) is 16.3. The number of benzene rings is 1. The number of fused-ring (bicyclic) bond motifs is 1. The lowest BCUT2D eigenvalue weighted by molar-refractivity contribution is -0.161. The van der Waals surface area contributed by atoms with Crippen LogP contribution in [-0.2, 0) is 5.54 Å². The van der Waals surface area contributed by atoms with Crippen molar-refractivity contribution in [1.29, 1.82) is 0 Å². The molecule has 3 saturated carbocycles. The molecule has 150 valence electrons. The van der Waals surface area contributed by atoms with E-state index in [4.69, 9.17) is 15.8 Å². The van der Waals surface area contributed by atoms with E-state index in [1.165, 1.54) is 22.8 Å². The number of halogens is 1. The van der Waals surface area contributed by atoms with Gasteiger partial charge in [-0.05, 0) is 61.1 Å². The molecule has 30 heavy (non-hydrogen) atoms. The zero-order chi connectivity index (χ0) is 20.6. The molecule has 3 aromatic heterocycles. The van der Waals surface area contributed by atoms with Crippen molar-refractivity contribution in [2.24, 2.45) is 17.6 Å². The smallest absolute Gasteiger partial charge is 0.269 e. The highest BCUT2D eigenvalue weighted by molar-refractivity contribution is 5.91. The van der Waals surface area contributed by atoms with Crippen molar-refractivity contribution in [3.63, 3.8) is 0 Å². The SMILES string of the molecule is C[C@H]1C2CC1(n1cnc(-c3ccc(F)cc3)c1-c1ccc3ncc(C(N)=O)n3n1)C2. The van der Waals surface area contributed by atoms with Crippen molar-refractivity contribution < 1.29 is 9.18 Å². The third-order valence-corrected chi connectivity index (χ3v) is 7.01. The van der Waals surface area contributed by atoms with E-state index < -0.39 is 5.91 Å². The number of hydrogen-bond donors (Lipinski definition) is 1. The number of primary amides is 1. The molecule has 7 rings (SSSR count). The number of amides is 1. The highest BCUT2D eigenvalue weighted by Crippen LogP contribution is 2.67. The summed E-state index contributed by atoms with van der Waals surface area (Å²) in [6, 6.07) is 10.00. The Morgan fingerprint density at radius 3 is 2.57 bits per heavy atom. The minimum absolute atomic E-state index is 0.0450. The Kier molecular flexibility index (Phi) is 3.32. The van der Waals surface area contributed by atoms with Gasteiger partial charge < -0.3 is 10.3 Å². The Labute approximate surface area is 171 Å². The fourth-order valence-corrected chi connectivity index (χ4v) is 5.02. The zero-order valence-corrected chi connectivity index (χ0v) is 16.3. The Morgan fingerprint density at radius 2 is 1.93 bits per heavy atom. The van der Waals surface area contributed by atoms with Crippen molar-refractivity contribution in [1.82, 2.24) is 24.1 Å². The summed E-state index contributed by atoms with van der Waals surface area (Å²) in [6.45, 7) is 2.27. The second kappa shape index (κ2) is 5.75. The Hall–Kier alpha value is -3.55. The molecule has 1 aromatic carbocycles. The fourth-order valence-electron chi connectivity index (χ4n) is 5.02. The van der Waals surface area contributed by atoms with Gasteiger partial charge in [0.05, 0.1) is 23.9 Å². The van der Waals surface area contributed by atoms with E-state index in [2.05, 4.69) is 16.5 Å². The monoisotopic (exact) mass is 402 g/mol. The van der Waals surface area contributed by atoms with Crippen molar-refractivity contribution >= 4 is 11.6 Å². The van der Waals surface area contributed by atoms with Gasteiger partial charge in [-0.2, -0.15) is 5.10 Å². The summed E-state index contributed by atoms with van der Waals surface area (Å²) in [4.78, 5) is 20.7. The van der Waals surface area contributed by atoms with Crippen LogP contribution in [0.15, 0.2) is 48.9 Å². The normalized spacial score (nSPS) is 24.5. The van der Waals surface area contributed by atoms with Crippen LogP contribution in [0.1, 0.15) is 30.3 Å². The van der Waals surface area contributed by atoms with Crippen molar-refractivity contribution in [2.75, 3.05) is 0 Å². The number of nitrogens with two attached hydrogens (primary N) is 1. The summed E-state index contributed by atoms with van der Waals surface area (Å²) in [5.74, 6) is 0.453. The van der Waals surface area contributed by atoms with Crippen LogP contribution in [0, 0.1) is 17.7 Å². The molecule has 2 bridgehead atoms. The maximum absolute atomic E-state index is 13.5. The lowest BCUT2D eigenvalue weighted by Gasteiger charge is -2.68. The number of nitrogens with zero attached hydrogens (tertiary/aromatic N) is 5. The van der Waals surface area contributed by atoms with Crippen LogP contribution < -0.4 is 5.73 Å². The maximum Gasteiger partial charge on any atom is 0.269 e. The first-order chi connectivity index (χ1) is 14.5. The van der Waals surface area contributed by atoms with Crippen LogP contribution in [0.5, 0.6) is 0 Å². The minimum Gasteiger partial charge on any atom is -0.364 e. The van der Waals surface area contributed by atoms with E-state index in [1.54, 1.807) is 12.1 Å². The molecule has 3 fully saturated rings. The van der Waals surface area contributed by atoms with E-state index >= 15 is 0 Å². The van der Waals surface area contributed by atoms with Gasteiger partial charge in [-0.1, -0.05) is 6.92 Å². The molecule has 1 atom stereocenters. The Bertz CT molecular complexity index is 1320. The Balaban J connectivity index is 1.59. The van der Waals surface area contributed by atoms with Crippen LogP contribution >= 0.6 is 0 Å². The first-order valence-corrected chi connectivity index (χ1v) is 9.97. The molecule has 7 nitrogen and oxygen atoms in total. The van der Waals surface area contributed by atoms with E-state index in [-0.39, 0.29) is 17.1 Å². The van der Waals surface area contributed by atoms with Crippen molar-refractivity contribution in [2.45, 2.75) is 25.3 Å². The first-order valence-electron chi connectivity index (χ1n) is 9.97. The first kappa shape index (κ1) is 17.3. The lowest BCUT2D eigenvalue weighted by Crippen LogP contribution is -2.66. The van der Waals surface area contributed by atoms with Gasteiger partial charge in [0.25, 0.3) is 5.91 Å². The highest BCUT2D eigenvalue weighted by Gasteiger charge is 2.64. The van der Waals surface area contributed by atoms with Crippen LogP contribution in [-0.4, -0.2) is 30.1 Å². The van der Waals surface area contributed by atoms with E-state index in [0.29, 0.717) is 17.3 Å². The molecule has 0 unspecified atom stereocenters. The summed E-state index contributed by atoms with van der Waals surface area (Å²) in [5, 5.41) is 4.70. The summed E-state index contributed by atoms with van der Waals surface area (Å²) in [7, 11) is 0. The second-order valence-corrected chi connectivity index (χ2v) is 8.38. The predicted molar refractivity (Wildman–Crippen MR) is 108 cm³/mol. The van der Waals surface area contributed by atoms with Gasteiger partial charge in [0.2, 0.25) is 0 Å². The van der Waals surface area contributed by atoms with Gasteiger partial charge in [-0.15, -0.1) is 0 Å². The highest BCUT2D eigenvalue weighted by atomic mass is 19.1. The maximum atomic E-state index is 13.5. The van der Waals surface area contributed by atoms with Gasteiger partial charge >= 0.3 is 0 Å². The molecule has 0 spiro atoms. The topological polar surface area (TPSA) is 91.1 Å². The van der Waals surface area contributed by atoms with Crippen molar-refractivity contribution in [3.05, 3.63) is 60.4 Å². The third kappa shape index (κ3) is 2.13. The molecular weight excluding hydrogens is 383 g/mol. The standard InChI is InChI=1S/C22H19FN6O/c1-12-14-8-22(12,9-14)28-11-26-19(13-2-4-15(23)5-3-13)20(28)16-6-7-18-25-10-17(21(24)30)29(18)27-16/h2-7,10-12,14H,8-9H2,1H3,(H2,24,30)/t12-,14?,22?/m0/s1. The molecule has 3 aliphatic carbocycles. The number of imidazole rings is 2. The quantitative estimate of drug-likeness (QED) is 0.567. The van der Waals surface area contributed by atoms with Crippen LogP contribution in [0.2, 0.25) is 0 Å². The van der Waals surface area contributed by atoms with Crippen LogP contribution in [0.4, 0.5) is 4.39 Å². The van der Waals surface area contributed by atoms with E-state index in [1.807, 2.05) is 18.5 Å². The Morgan fingerprint density at radius 1 is 1.17 bits per heavy atom. The van der Waals surface area contributed by atoms with Gasteiger partial charge in [0, 0.05) is 11.1 Å². The van der Waals surface area contributed by atoms with Gasteiger partial charge in [0.1, 0.15) is 17.2 Å². The molecule has 4 aromatic rings. The molecule has 8 heteroatoms. The minimum atomic E-state index is -0.590. The summed E-state index contributed by atoms with van der Waals surface area (Å²) in [5.41, 5.74) is 9.37. The summed E-state index contributed by atoms with van der Waals surface area (Å²) >= 11 is 0. The predicted octanol–water partition coefficient (Wildman–Crippen LogP) is 3.25. The largest absolute Gasteiger partial charge is 0.364 e. The number of rotatable bonds is 4. The number of hydrogen-bond acceptors (Lipinski definition) is 4.